The Morgan fingerprint density at radius 3 is 2.31 bits per heavy atom. The second-order valence-electron chi connectivity index (χ2n) is 12.3. The molecule has 262 valence electrons. The van der Waals surface area contributed by atoms with Crippen molar-refractivity contribution >= 4 is 35.7 Å². The lowest BCUT2D eigenvalue weighted by Crippen LogP contribution is -2.37. The van der Waals surface area contributed by atoms with E-state index in [1.54, 1.807) is 8.99 Å². The second-order valence-corrected chi connectivity index (χ2v) is 17.3. The minimum atomic E-state index is -3.19. The number of hydrogen-bond acceptors (Lipinski definition) is 8. The van der Waals surface area contributed by atoms with Crippen LogP contribution in [-0.4, -0.2) is 72.6 Å². The van der Waals surface area contributed by atoms with Gasteiger partial charge in [-0.2, -0.15) is 5.10 Å². The first-order chi connectivity index (χ1) is 23.2. The zero-order valence-electron chi connectivity index (χ0n) is 28.0. The van der Waals surface area contributed by atoms with Crippen molar-refractivity contribution in [2.24, 2.45) is 0 Å². The molecule has 2 aromatic carbocycles. The predicted molar refractivity (Wildman–Crippen MR) is 190 cm³/mol. The number of ether oxygens (including phenoxy) is 1. The molecule has 0 unspecified atom stereocenters. The third kappa shape index (κ3) is 8.69. The van der Waals surface area contributed by atoms with Gasteiger partial charge in [-0.15, -0.1) is 0 Å². The minimum absolute atomic E-state index is 0.130. The van der Waals surface area contributed by atoms with Crippen LogP contribution in [0.1, 0.15) is 83.4 Å². The molecule has 6 rings (SSSR count). The molecule has 1 N–H and O–H groups in total. The zero-order chi connectivity index (χ0) is 35.5. The van der Waals surface area contributed by atoms with Gasteiger partial charge in [-0.05, 0) is 85.4 Å². The molecule has 0 spiro atoms. The molecule has 0 radical (unpaired) electrons. The van der Waals surface area contributed by atoms with E-state index in [1.165, 1.54) is 29.1 Å². The first kappa shape index (κ1) is 36.5. The summed E-state index contributed by atoms with van der Waals surface area (Å²) in [5, 5.41) is 13.9. The number of halogens is 1. The SMILES string of the molecule is CCc1cc(O[C@H]2CCc3cccc(-c4cccc(-n5ncc(C(=O)O)c5CC)n4)c32)ccc1C1CCN(S(C)(=O)=O)CC1.CS(=O)(=O)Cl. The molecule has 0 saturated carbocycles. The van der Waals surface area contributed by atoms with Crippen molar-refractivity contribution in [2.75, 3.05) is 25.6 Å². The Morgan fingerprint density at radius 1 is 0.980 bits per heavy atom. The molecule has 49 heavy (non-hydrogen) atoms. The van der Waals surface area contributed by atoms with E-state index in [-0.39, 0.29) is 11.7 Å². The first-order valence-corrected chi connectivity index (χ1v) is 20.8. The zero-order valence-corrected chi connectivity index (χ0v) is 30.4. The number of carbonyl (C=O) groups is 1. The van der Waals surface area contributed by atoms with E-state index in [1.807, 2.05) is 25.1 Å². The largest absolute Gasteiger partial charge is 0.486 e. The smallest absolute Gasteiger partial charge is 0.339 e. The van der Waals surface area contributed by atoms with Gasteiger partial charge in [-0.25, -0.2) is 35.6 Å². The number of aromatic nitrogens is 3. The fourth-order valence-corrected chi connectivity index (χ4v) is 7.66. The maximum atomic E-state index is 12.0. The van der Waals surface area contributed by atoms with E-state index < -0.39 is 25.0 Å². The monoisotopic (exact) mass is 728 g/mol. The molecule has 2 aliphatic rings. The van der Waals surface area contributed by atoms with Gasteiger partial charge in [-0.1, -0.05) is 44.2 Å². The molecule has 0 bridgehead atoms. The molecular formula is C35H41ClN4O7S2. The number of fused-ring (bicyclic) bond motifs is 1. The highest BCUT2D eigenvalue weighted by molar-refractivity contribution is 8.13. The molecule has 1 fully saturated rings. The summed E-state index contributed by atoms with van der Waals surface area (Å²) < 4.78 is 52.6. The Morgan fingerprint density at radius 2 is 1.67 bits per heavy atom. The van der Waals surface area contributed by atoms with Crippen molar-refractivity contribution in [3.05, 3.63) is 94.3 Å². The number of pyridine rings is 1. The van der Waals surface area contributed by atoms with Gasteiger partial charge in [0.05, 0.1) is 30.1 Å². The summed E-state index contributed by atoms with van der Waals surface area (Å²) in [4.78, 5) is 16.6. The average Bonchev–Trinajstić information content (AvgIpc) is 3.68. The van der Waals surface area contributed by atoms with Crippen LogP contribution in [0.5, 0.6) is 5.75 Å². The Bertz CT molecular complexity index is 2050. The molecule has 1 saturated heterocycles. The fourth-order valence-electron chi connectivity index (χ4n) is 6.79. The van der Waals surface area contributed by atoms with Crippen LogP contribution in [0.2, 0.25) is 0 Å². The third-order valence-electron chi connectivity index (χ3n) is 8.99. The van der Waals surface area contributed by atoms with E-state index >= 15 is 0 Å². The van der Waals surface area contributed by atoms with E-state index in [0.29, 0.717) is 36.9 Å². The van der Waals surface area contributed by atoms with Gasteiger partial charge in [-0.3, -0.25) is 0 Å². The number of benzene rings is 2. The molecule has 1 atom stereocenters. The molecule has 2 aromatic heterocycles. The molecule has 14 heteroatoms. The van der Waals surface area contributed by atoms with Crippen LogP contribution >= 0.6 is 10.7 Å². The van der Waals surface area contributed by atoms with Gasteiger partial charge in [0.15, 0.2) is 5.82 Å². The lowest BCUT2D eigenvalue weighted by molar-refractivity contribution is 0.0695. The van der Waals surface area contributed by atoms with Crippen LogP contribution in [0.25, 0.3) is 17.1 Å². The van der Waals surface area contributed by atoms with Crippen LogP contribution in [0.15, 0.2) is 60.8 Å². The van der Waals surface area contributed by atoms with Crippen LogP contribution in [0, 0.1) is 0 Å². The summed E-state index contributed by atoms with van der Waals surface area (Å²) in [5.41, 5.74) is 7.49. The Balaban J connectivity index is 0.000000874. The molecule has 1 aliphatic heterocycles. The number of sulfonamides is 1. The van der Waals surface area contributed by atoms with E-state index in [4.69, 9.17) is 9.72 Å². The number of carboxylic acids is 1. The summed E-state index contributed by atoms with van der Waals surface area (Å²) >= 11 is 0. The number of aryl methyl sites for hydroxylation is 2. The highest BCUT2D eigenvalue weighted by atomic mass is 35.7. The number of nitrogens with zero attached hydrogens (tertiary/aromatic N) is 4. The summed E-state index contributed by atoms with van der Waals surface area (Å²) in [5.74, 6) is 0.745. The highest BCUT2D eigenvalue weighted by Gasteiger charge is 2.30. The highest BCUT2D eigenvalue weighted by Crippen LogP contribution is 2.42. The Kier molecular flexibility index (Phi) is 11.2. The number of rotatable bonds is 9. The van der Waals surface area contributed by atoms with Gasteiger partial charge in [0, 0.05) is 34.9 Å². The third-order valence-corrected chi connectivity index (χ3v) is 10.3. The van der Waals surface area contributed by atoms with E-state index in [0.717, 1.165) is 60.9 Å². The number of aromatic carboxylic acids is 1. The number of hydrogen-bond donors (Lipinski definition) is 1. The maximum absolute atomic E-state index is 12.0. The average molecular weight is 729 g/mol. The maximum Gasteiger partial charge on any atom is 0.339 e. The molecule has 11 nitrogen and oxygen atoms in total. The van der Waals surface area contributed by atoms with Crippen LogP contribution in [0.4, 0.5) is 0 Å². The summed E-state index contributed by atoms with van der Waals surface area (Å²) in [6.45, 7) is 5.18. The lowest BCUT2D eigenvalue weighted by atomic mass is 9.86. The van der Waals surface area contributed by atoms with Crippen molar-refractivity contribution in [3.8, 4) is 22.8 Å². The summed E-state index contributed by atoms with van der Waals surface area (Å²) in [6, 6.07) is 18.4. The lowest BCUT2D eigenvalue weighted by Gasteiger charge is -2.31. The van der Waals surface area contributed by atoms with Crippen molar-refractivity contribution in [1.82, 2.24) is 19.1 Å². The van der Waals surface area contributed by atoms with Crippen LogP contribution in [-0.2, 0) is 38.3 Å². The quantitative estimate of drug-likeness (QED) is 0.200. The van der Waals surface area contributed by atoms with Gasteiger partial charge in [0.2, 0.25) is 19.1 Å². The number of piperidine rings is 1. The minimum Gasteiger partial charge on any atom is -0.486 e. The van der Waals surface area contributed by atoms with Gasteiger partial charge in [0.1, 0.15) is 17.4 Å². The Labute approximate surface area is 292 Å². The normalized spacial score (nSPS) is 16.9. The van der Waals surface area contributed by atoms with Crippen molar-refractivity contribution in [3.63, 3.8) is 0 Å². The topological polar surface area (TPSA) is 149 Å². The Hall–Kier alpha value is -3.78. The first-order valence-electron chi connectivity index (χ1n) is 16.2. The van der Waals surface area contributed by atoms with Crippen molar-refractivity contribution in [2.45, 2.75) is 64.4 Å². The van der Waals surface area contributed by atoms with Crippen LogP contribution in [0.3, 0.4) is 0 Å². The van der Waals surface area contributed by atoms with Crippen molar-refractivity contribution in [1.29, 1.82) is 0 Å². The molecule has 0 amide bonds. The second kappa shape index (κ2) is 15.0. The molecule has 3 heterocycles. The fraction of sp³-hybridized carbons (Fsp3) is 0.400. The summed E-state index contributed by atoms with van der Waals surface area (Å²) in [6.07, 6.45) is 8.27. The molecular weight excluding hydrogens is 688 g/mol. The van der Waals surface area contributed by atoms with Crippen LogP contribution < -0.4 is 4.74 Å². The standard InChI is InChI=1S/C34H38N4O5S.CH3ClO2S/c1-4-22-20-25(13-14-26(22)23-16-18-37(19-17-23)44(3,41)42)43-31-15-12-24-8-6-9-27(33(24)31)29-10-7-11-32(36-29)38-30(5-2)28(21-35-38)34(39)40;1-5(2,3)4/h6-11,13-14,20-21,23,31H,4-5,12,15-19H2,1-3H3,(H,39,40);1H3/t31-;/m0./s1. The van der Waals surface area contributed by atoms with E-state index in [2.05, 4.69) is 59.1 Å². The van der Waals surface area contributed by atoms with Gasteiger partial charge in [0.25, 0.3) is 0 Å². The molecule has 1 aliphatic carbocycles. The predicted octanol–water partition coefficient (Wildman–Crippen LogP) is 6.15. The van der Waals surface area contributed by atoms with E-state index in [9.17, 15) is 26.7 Å². The van der Waals surface area contributed by atoms with Crippen molar-refractivity contribution < 1.29 is 31.5 Å². The molecule has 4 aromatic rings. The summed E-state index contributed by atoms with van der Waals surface area (Å²) in [7, 11) is -1.85. The van der Waals surface area contributed by atoms with Gasteiger partial charge >= 0.3 is 5.97 Å². The van der Waals surface area contributed by atoms with Gasteiger partial charge < -0.3 is 9.84 Å². The number of carboxylic acid groups (broad SMARTS) is 1.